The van der Waals surface area contributed by atoms with Gasteiger partial charge in [0, 0.05) is 22.4 Å². The lowest BCUT2D eigenvalue weighted by molar-refractivity contribution is -0.113. The van der Waals surface area contributed by atoms with Crippen LogP contribution in [0, 0.1) is 0 Å². The van der Waals surface area contributed by atoms with Gasteiger partial charge in [-0.1, -0.05) is 27.7 Å². The molecule has 0 aliphatic rings. The van der Waals surface area contributed by atoms with Crippen molar-refractivity contribution in [2.24, 2.45) is 0 Å². The third-order valence-electron chi connectivity index (χ3n) is 2.73. The molecule has 0 saturated heterocycles. The lowest BCUT2D eigenvalue weighted by Gasteiger charge is -2.04. The minimum atomic E-state index is -0.246. The summed E-state index contributed by atoms with van der Waals surface area (Å²) in [6.07, 6.45) is 1.57. The van der Waals surface area contributed by atoms with Crippen LogP contribution in [0.4, 0.5) is 5.69 Å². The molecule has 2 aromatic heterocycles. The summed E-state index contributed by atoms with van der Waals surface area (Å²) < 4.78 is 2.57. The molecular weight excluding hydrogens is 370 g/mol. The Hall–Kier alpha value is -2.13. The molecule has 0 aliphatic carbocycles. The van der Waals surface area contributed by atoms with E-state index in [9.17, 15) is 9.59 Å². The SMILES string of the molecule is O=C(CSc1nnc2[nH]c(=O)ccn12)Nc1ccc(Br)cc1. The van der Waals surface area contributed by atoms with Gasteiger partial charge in [-0.2, -0.15) is 0 Å². The van der Waals surface area contributed by atoms with Crippen LogP contribution in [0.25, 0.3) is 5.78 Å². The summed E-state index contributed by atoms with van der Waals surface area (Å²) in [5.74, 6) is 0.396. The first kappa shape index (κ1) is 14.8. The van der Waals surface area contributed by atoms with Crippen molar-refractivity contribution in [1.29, 1.82) is 0 Å². The minimum absolute atomic E-state index is 0.145. The van der Waals surface area contributed by atoms with Gasteiger partial charge in [-0.15, -0.1) is 10.2 Å². The summed E-state index contributed by atoms with van der Waals surface area (Å²) in [6.45, 7) is 0. The van der Waals surface area contributed by atoms with Gasteiger partial charge in [0.25, 0.3) is 5.56 Å². The van der Waals surface area contributed by atoms with Crippen molar-refractivity contribution in [3.8, 4) is 0 Å². The Morgan fingerprint density at radius 2 is 2.05 bits per heavy atom. The molecule has 9 heteroatoms. The number of thioether (sulfide) groups is 1. The number of aromatic amines is 1. The molecule has 7 nitrogen and oxygen atoms in total. The van der Waals surface area contributed by atoms with Crippen LogP contribution in [-0.2, 0) is 4.79 Å². The van der Waals surface area contributed by atoms with Crippen molar-refractivity contribution in [3.05, 3.63) is 51.4 Å². The van der Waals surface area contributed by atoms with Crippen molar-refractivity contribution < 1.29 is 4.79 Å². The lowest BCUT2D eigenvalue weighted by atomic mass is 10.3. The fraction of sp³-hybridized carbons (Fsp3) is 0.0769. The van der Waals surface area contributed by atoms with E-state index in [2.05, 4.69) is 36.4 Å². The molecule has 0 fully saturated rings. The molecule has 0 bridgehead atoms. The molecule has 2 N–H and O–H groups in total. The molecule has 1 amide bonds. The number of anilines is 1. The zero-order valence-corrected chi connectivity index (χ0v) is 13.5. The van der Waals surface area contributed by atoms with Crippen LogP contribution < -0.4 is 10.9 Å². The van der Waals surface area contributed by atoms with E-state index in [-0.39, 0.29) is 17.2 Å². The smallest absolute Gasteiger partial charge is 0.252 e. The van der Waals surface area contributed by atoms with Crippen molar-refractivity contribution in [2.75, 3.05) is 11.1 Å². The average molecular weight is 380 g/mol. The van der Waals surface area contributed by atoms with Gasteiger partial charge in [-0.05, 0) is 24.3 Å². The Morgan fingerprint density at radius 1 is 1.27 bits per heavy atom. The molecule has 0 atom stereocenters. The van der Waals surface area contributed by atoms with Crippen LogP contribution in [0.3, 0.4) is 0 Å². The highest BCUT2D eigenvalue weighted by Crippen LogP contribution is 2.17. The lowest BCUT2D eigenvalue weighted by Crippen LogP contribution is -2.14. The standard InChI is InChI=1S/C13H10BrN5O2S/c14-8-1-3-9(4-2-8)15-11(21)7-22-13-18-17-12-16-10(20)5-6-19(12)13/h1-6H,7H2,(H,15,21)(H,16,17,20). The van der Waals surface area contributed by atoms with Crippen molar-refractivity contribution >= 4 is 45.1 Å². The first-order valence-corrected chi connectivity index (χ1v) is 8.02. The number of benzene rings is 1. The normalized spacial score (nSPS) is 10.8. The Bertz CT molecular complexity index is 874. The summed E-state index contributed by atoms with van der Waals surface area (Å²) in [4.78, 5) is 25.7. The maximum absolute atomic E-state index is 11.9. The van der Waals surface area contributed by atoms with Crippen molar-refractivity contribution in [1.82, 2.24) is 19.6 Å². The second-order valence-electron chi connectivity index (χ2n) is 4.32. The molecule has 0 radical (unpaired) electrons. The van der Waals surface area contributed by atoms with Gasteiger partial charge in [-0.3, -0.25) is 19.0 Å². The summed E-state index contributed by atoms with van der Waals surface area (Å²) in [5, 5.41) is 11.1. The first-order valence-electron chi connectivity index (χ1n) is 6.24. The molecule has 0 unspecified atom stereocenters. The number of fused-ring (bicyclic) bond motifs is 1. The predicted molar refractivity (Wildman–Crippen MR) is 87.1 cm³/mol. The number of amides is 1. The highest BCUT2D eigenvalue weighted by molar-refractivity contribution is 9.10. The van der Waals surface area contributed by atoms with E-state index in [1.165, 1.54) is 17.8 Å². The van der Waals surface area contributed by atoms with Gasteiger partial charge < -0.3 is 5.32 Å². The van der Waals surface area contributed by atoms with E-state index in [1.54, 1.807) is 10.6 Å². The molecule has 3 aromatic rings. The van der Waals surface area contributed by atoms with Crippen LogP contribution in [-0.4, -0.2) is 31.2 Å². The number of hydrogen-bond acceptors (Lipinski definition) is 5. The Morgan fingerprint density at radius 3 is 2.82 bits per heavy atom. The number of nitrogens with one attached hydrogen (secondary N) is 2. The van der Waals surface area contributed by atoms with Gasteiger partial charge in [0.2, 0.25) is 11.7 Å². The van der Waals surface area contributed by atoms with Crippen LogP contribution in [0.15, 0.2) is 51.0 Å². The van der Waals surface area contributed by atoms with E-state index < -0.39 is 0 Å². The van der Waals surface area contributed by atoms with Gasteiger partial charge in [-0.25, -0.2) is 0 Å². The molecule has 112 valence electrons. The number of halogens is 1. The molecular formula is C13H10BrN5O2S. The largest absolute Gasteiger partial charge is 0.325 e. The topological polar surface area (TPSA) is 92.2 Å². The number of rotatable bonds is 4. The van der Waals surface area contributed by atoms with Crippen LogP contribution >= 0.6 is 27.7 Å². The number of H-pyrrole nitrogens is 1. The third kappa shape index (κ3) is 3.37. The molecule has 1 aromatic carbocycles. The minimum Gasteiger partial charge on any atom is -0.325 e. The average Bonchev–Trinajstić information content (AvgIpc) is 2.89. The second-order valence-corrected chi connectivity index (χ2v) is 6.18. The van der Waals surface area contributed by atoms with Crippen molar-refractivity contribution in [3.63, 3.8) is 0 Å². The number of nitrogens with zero attached hydrogens (tertiary/aromatic N) is 3. The zero-order chi connectivity index (χ0) is 15.5. The molecule has 0 spiro atoms. The van der Waals surface area contributed by atoms with Gasteiger partial charge in [0.05, 0.1) is 5.75 Å². The molecule has 0 aliphatic heterocycles. The quantitative estimate of drug-likeness (QED) is 0.675. The summed E-state index contributed by atoms with van der Waals surface area (Å²) in [7, 11) is 0. The van der Waals surface area contributed by atoms with E-state index in [0.29, 0.717) is 10.9 Å². The van der Waals surface area contributed by atoms with Gasteiger partial charge in [0.15, 0.2) is 5.16 Å². The highest BCUT2D eigenvalue weighted by Gasteiger charge is 2.09. The Balaban J connectivity index is 1.65. The van der Waals surface area contributed by atoms with Crippen molar-refractivity contribution in [2.45, 2.75) is 5.16 Å². The van der Waals surface area contributed by atoms with Crippen LogP contribution in [0.1, 0.15) is 0 Å². The summed E-state index contributed by atoms with van der Waals surface area (Å²) in [5.41, 5.74) is 0.480. The number of hydrogen-bond donors (Lipinski definition) is 2. The van der Waals surface area contributed by atoms with Crippen LogP contribution in [0.5, 0.6) is 0 Å². The first-order chi connectivity index (χ1) is 10.6. The second kappa shape index (κ2) is 6.32. The van der Waals surface area contributed by atoms with E-state index >= 15 is 0 Å². The molecule has 2 heterocycles. The van der Waals surface area contributed by atoms with E-state index in [1.807, 2.05) is 24.3 Å². The number of aromatic nitrogens is 4. The molecule has 22 heavy (non-hydrogen) atoms. The van der Waals surface area contributed by atoms with E-state index in [4.69, 9.17) is 0 Å². The highest BCUT2D eigenvalue weighted by atomic mass is 79.9. The maximum atomic E-state index is 11.9. The Kier molecular flexibility index (Phi) is 4.25. The molecule has 3 rings (SSSR count). The number of carbonyl (C=O) groups excluding carboxylic acids is 1. The third-order valence-corrected chi connectivity index (χ3v) is 4.21. The Labute approximate surface area is 137 Å². The fourth-order valence-corrected chi connectivity index (χ4v) is 2.73. The predicted octanol–water partition coefficient (Wildman–Crippen LogP) is 1.91. The summed E-state index contributed by atoms with van der Waals surface area (Å²) in [6, 6.07) is 8.70. The molecule has 0 saturated carbocycles. The summed E-state index contributed by atoms with van der Waals surface area (Å²) >= 11 is 4.58. The van der Waals surface area contributed by atoms with Gasteiger partial charge in [0.1, 0.15) is 0 Å². The maximum Gasteiger partial charge on any atom is 0.252 e. The zero-order valence-electron chi connectivity index (χ0n) is 11.1. The number of carbonyl (C=O) groups is 1. The van der Waals surface area contributed by atoms with Gasteiger partial charge >= 0.3 is 0 Å². The monoisotopic (exact) mass is 379 g/mol. The van der Waals surface area contributed by atoms with Crippen LogP contribution in [0.2, 0.25) is 0 Å². The fourth-order valence-electron chi connectivity index (χ4n) is 1.75. The van der Waals surface area contributed by atoms with E-state index in [0.717, 1.165) is 10.2 Å².